The highest BCUT2D eigenvalue weighted by Gasteiger charge is 2.36. The van der Waals surface area contributed by atoms with Crippen LogP contribution in [-0.2, 0) is 9.53 Å². The molecular formula is C18H26N2O2. The summed E-state index contributed by atoms with van der Waals surface area (Å²) in [6, 6.07) is 10.0. The number of ether oxygens (including phenoxy) is 1. The summed E-state index contributed by atoms with van der Waals surface area (Å²) in [6.45, 7) is 7.60. The molecule has 0 radical (unpaired) electrons. The minimum absolute atomic E-state index is 0.168. The van der Waals surface area contributed by atoms with Crippen LogP contribution in [0.1, 0.15) is 38.3 Å². The Morgan fingerprint density at radius 3 is 2.27 bits per heavy atom. The molecule has 1 aromatic carbocycles. The van der Waals surface area contributed by atoms with Crippen LogP contribution in [0.5, 0.6) is 0 Å². The van der Waals surface area contributed by atoms with Crippen LogP contribution in [-0.4, -0.2) is 54.1 Å². The zero-order chi connectivity index (χ0) is 15.5. The van der Waals surface area contributed by atoms with Crippen molar-refractivity contribution in [2.24, 2.45) is 0 Å². The molecule has 4 heteroatoms. The first-order valence-electron chi connectivity index (χ1n) is 8.38. The van der Waals surface area contributed by atoms with Crippen LogP contribution in [0.3, 0.4) is 0 Å². The SMILES string of the molecule is C[C@@H]1CN([C@H](C(=O)N2CCCC2)c2ccccc2)C[C@@H](C)O1. The Kier molecular flexibility index (Phi) is 4.79. The van der Waals surface area contributed by atoms with Gasteiger partial charge in [0.25, 0.3) is 0 Å². The van der Waals surface area contributed by atoms with Crippen molar-refractivity contribution in [3.05, 3.63) is 35.9 Å². The Morgan fingerprint density at radius 2 is 1.68 bits per heavy atom. The maximum Gasteiger partial charge on any atom is 0.244 e. The standard InChI is InChI=1S/C18H26N2O2/c1-14-12-20(13-15(2)22-14)17(16-8-4-3-5-9-16)18(21)19-10-6-7-11-19/h3-5,8-9,14-15,17H,6-7,10-13H2,1-2H3/t14-,15-,17+/m1/s1. The van der Waals surface area contributed by atoms with Gasteiger partial charge in [0.05, 0.1) is 12.2 Å². The van der Waals surface area contributed by atoms with Crippen LogP contribution >= 0.6 is 0 Å². The highest BCUT2D eigenvalue weighted by molar-refractivity contribution is 5.83. The molecule has 2 saturated heterocycles. The molecule has 1 amide bonds. The Balaban J connectivity index is 1.87. The lowest BCUT2D eigenvalue weighted by Gasteiger charge is -2.40. The van der Waals surface area contributed by atoms with Gasteiger partial charge in [-0.2, -0.15) is 0 Å². The average Bonchev–Trinajstić information content (AvgIpc) is 3.02. The monoisotopic (exact) mass is 302 g/mol. The van der Waals surface area contributed by atoms with Crippen LogP contribution < -0.4 is 0 Å². The second-order valence-corrected chi connectivity index (χ2v) is 6.56. The van der Waals surface area contributed by atoms with Crippen molar-refractivity contribution in [3.8, 4) is 0 Å². The van der Waals surface area contributed by atoms with E-state index in [9.17, 15) is 4.79 Å². The van der Waals surface area contributed by atoms with Gasteiger partial charge in [-0.05, 0) is 32.3 Å². The number of carbonyl (C=O) groups is 1. The number of nitrogens with zero attached hydrogens (tertiary/aromatic N) is 2. The lowest BCUT2D eigenvalue weighted by atomic mass is 10.0. The normalized spacial score (nSPS) is 27.8. The summed E-state index contributed by atoms with van der Waals surface area (Å²) in [5, 5.41) is 0. The average molecular weight is 302 g/mol. The molecule has 0 unspecified atom stereocenters. The number of morpholine rings is 1. The van der Waals surface area contributed by atoms with E-state index < -0.39 is 0 Å². The molecule has 0 bridgehead atoms. The third kappa shape index (κ3) is 3.33. The van der Waals surface area contributed by atoms with E-state index in [1.807, 2.05) is 23.1 Å². The first-order chi connectivity index (χ1) is 10.6. The third-order valence-electron chi connectivity index (χ3n) is 4.58. The Hall–Kier alpha value is -1.39. The smallest absolute Gasteiger partial charge is 0.244 e. The molecule has 0 saturated carbocycles. The highest BCUT2D eigenvalue weighted by Crippen LogP contribution is 2.28. The molecule has 0 N–H and O–H groups in total. The van der Waals surface area contributed by atoms with Crippen molar-refractivity contribution in [3.63, 3.8) is 0 Å². The van der Waals surface area contributed by atoms with Gasteiger partial charge in [-0.15, -0.1) is 0 Å². The molecule has 2 aliphatic rings. The van der Waals surface area contributed by atoms with E-state index in [0.717, 1.165) is 44.6 Å². The van der Waals surface area contributed by atoms with Crippen LogP contribution in [0.25, 0.3) is 0 Å². The van der Waals surface area contributed by atoms with Crippen molar-refractivity contribution in [1.82, 2.24) is 9.80 Å². The molecule has 3 atom stereocenters. The van der Waals surface area contributed by atoms with Crippen molar-refractivity contribution in [2.45, 2.75) is 44.9 Å². The van der Waals surface area contributed by atoms with Gasteiger partial charge in [0.15, 0.2) is 0 Å². The topological polar surface area (TPSA) is 32.8 Å². The van der Waals surface area contributed by atoms with E-state index in [1.54, 1.807) is 0 Å². The Labute approximate surface area is 133 Å². The molecule has 1 aromatic rings. The van der Waals surface area contributed by atoms with Crippen molar-refractivity contribution in [2.75, 3.05) is 26.2 Å². The van der Waals surface area contributed by atoms with Crippen molar-refractivity contribution < 1.29 is 9.53 Å². The lowest BCUT2D eigenvalue weighted by molar-refractivity contribution is -0.142. The third-order valence-corrected chi connectivity index (χ3v) is 4.58. The second-order valence-electron chi connectivity index (χ2n) is 6.56. The van der Waals surface area contributed by atoms with Gasteiger partial charge in [-0.3, -0.25) is 9.69 Å². The van der Waals surface area contributed by atoms with Crippen molar-refractivity contribution >= 4 is 5.91 Å². The van der Waals surface area contributed by atoms with Gasteiger partial charge < -0.3 is 9.64 Å². The largest absolute Gasteiger partial charge is 0.373 e. The molecule has 4 nitrogen and oxygen atoms in total. The number of benzene rings is 1. The number of likely N-dealkylation sites (tertiary alicyclic amines) is 1. The molecule has 2 fully saturated rings. The maximum absolute atomic E-state index is 13.1. The van der Waals surface area contributed by atoms with E-state index in [2.05, 4.69) is 30.9 Å². The zero-order valence-corrected chi connectivity index (χ0v) is 13.6. The van der Waals surface area contributed by atoms with Gasteiger partial charge >= 0.3 is 0 Å². The Morgan fingerprint density at radius 1 is 1.09 bits per heavy atom. The van der Waals surface area contributed by atoms with Gasteiger partial charge in [0.2, 0.25) is 5.91 Å². The molecule has 0 aliphatic carbocycles. The summed E-state index contributed by atoms with van der Waals surface area (Å²) in [6.07, 6.45) is 2.59. The summed E-state index contributed by atoms with van der Waals surface area (Å²) < 4.78 is 5.84. The molecule has 120 valence electrons. The summed E-state index contributed by atoms with van der Waals surface area (Å²) >= 11 is 0. The number of carbonyl (C=O) groups excluding carboxylic acids is 1. The zero-order valence-electron chi connectivity index (χ0n) is 13.6. The molecule has 2 heterocycles. The fourth-order valence-electron chi connectivity index (χ4n) is 3.68. The van der Waals surface area contributed by atoms with Gasteiger partial charge in [-0.25, -0.2) is 0 Å². The van der Waals surface area contributed by atoms with Crippen LogP contribution in [0.2, 0.25) is 0 Å². The van der Waals surface area contributed by atoms with E-state index in [4.69, 9.17) is 4.74 Å². The van der Waals surface area contributed by atoms with Crippen LogP contribution in [0, 0.1) is 0 Å². The molecule has 3 rings (SSSR count). The molecule has 22 heavy (non-hydrogen) atoms. The van der Waals surface area contributed by atoms with E-state index >= 15 is 0 Å². The quantitative estimate of drug-likeness (QED) is 0.860. The van der Waals surface area contributed by atoms with E-state index in [0.29, 0.717) is 0 Å². The summed E-state index contributed by atoms with van der Waals surface area (Å²) in [5.74, 6) is 0.255. The summed E-state index contributed by atoms with van der Waals surface area (Å²) in [7, 11) is 0. The van der Waals surface area contributed by atoms with E-state index in [-0.39, 0.29) is 24.2 Å². The second kappa shape index (κ2) is 6.80. The number of rotatable bonds is 3. The predicted molar refractivity (Wildman–Crippen MR) is 86.6 cm³/mol. The maximum atomic E-state index is 13.1. The molecule has 0 aromatic heterocycles. The lowest BCUT2D eigenvalue weighted by Crippen LogP contribution is -2.51. The first-order valence-corrected chi connectivity index (χ1v) is 8.38. The number of hydrogen-bond acceptors (Lipinski definition) is 3. The van der Waals surface area contributed by atoms with Gasteiger partial charge in [0.1, 0.15) is 6.04 Å². The summed E-state index contributed by atoms with van der Waals surface area (Å²) in [5.41, 5.74) is 1.10. The number of amides is 1. The van der Waals surface area contributed by atoms with E-state index in [1.165, 1.54) is 0 Å². The minimum atomic E-state index is -0.173. The van der Waals surface area contributed by atoms with Gasteiger partial charge in [0, 0.05) is 26.2 Å². The summed E-state index contributed by atoms with van der Waals surface area (Å²) in [4.78, 5) is 17.4. The Bertz CT molecular complexity index is 489. The molecule has 0 spiro atoms. The highest BCUT2D eigenvalue weighted by atomic mass is 16.5. The fourth-order valence-corrected chi connectivity index (χ4v) is 3.68. The number of hydrogen-bond donors (Lipinski definition) is 0. The molecular weight excluding hydrogens is 276 g/mol. The fraction of sp³-hybridized carbons (Fsp3) is 0.611. The molecule has 2 aliphatic heterocycles. The van der Waals surface area contributed by atoms with Gasteiger partial charge in [-0.1, -0.05) is 30.3 Å². The first kappa shape index (κ1) is 15.5. The minimum Gasteiger partial charge on any atom is -0.373 e. The predicted octanol–water partition coefficient (Wildman–Crippen LogP) is 2.46. The van der Waals surface area contributed by atoms with Crippen molar-refractivity contribution in [1.29, 1.82) is 0 Å². The van der Waals surface area contributed by atoms with Crippen LogP contribution in [0.4, 0.5) is 0 Å². The van der Waals surface area contributed by atoms with Crippen LogP contribution in [0.15, 0.2) is 30.3 Å².